The van der Waals surface area contributed by atoms with Crippen LogP contribution in [0.3, 0.4) is 0 Å². The van der Waals surface area contributed by atoms with Crippen LogP contribution >= 0.6 is 23.2 Å². The number of hydrogen-bond donors (Lipinski definition) is 2. The SMILES string of the molecule is CC(=O)c1cccc(NC(=O)C(C)(C)C(=O)Nc2cccc(Cl)c2Cl)c1. The van der Waals surface area contributed by atoms with Crippen LogP contribution in [-0.4, -0.2) is 17.6 Å². The molecule has 7 heteroatoms. The molecule has 0 bridgehead atoms. The molecule has 0 saturated heterocycles. The van der Waals surface area contributed by atoms with Gasteiger partial charge in [-0.15, -0.1) is 0 Å². The van der Waals surface area contributed by atoms with E-state index in [1.165, 1.54) is 20.8 Å². The van der Waals surface area contributed by atoms with Crippen molar-refractivity contribution < 1.29 is 14.4 Å². The first-order chi connectivity index (χ1) is 12.1. The first kappa shape index (κ1) is 19.9. The molecule has 0 aliphatic carbocycles. The molecule has 0 saturated carbocycles. The second kappa shape index (κ2) is 7.89. The summed E-state index contributed by atoms with van der Waals surface area (Å²) in [6, 6.07) is 11.3. The second-order valence-corrected chi connectivity index (χ2v) is 7.06. The highest BCUT2D eigenvalue weighted by Gasteiger charge is 2.36. The first-order valence-corrected chi connectivity index (χ1v) is 8.56. The molecule has 0 atom stereocenters. The van der Waals surface area contributed by atoms with Crippen LogP contribution in [0.25, 0.3) is 0 Å². The fraction of sp³-hybridized carbons (Fsp3) is 0.211. The molecule has 2 aromatic rings. The van der Waals surface area contributed by atoms with Gasteiger partial charge >= 0.3 is 0 Å². The molecule has 2 aromatic carbocycles. The Hall–Kier alpha value is -2.37. The van der Waals surface area contributed by atoms with E-state index in [1.807, 2.05) is 0 Å². The minimum Gasteiger partial charge on any atom is -0.325 e. The molecule has 0 heterocycles. The lowest BCUT2D eigenvalue weighted by molar-refractivity contribution is -0.135. The maximum Gasteiger partial charge on any atom is 0.239 e. The van der Waals surface area contributed by atoms with Crippen molar-refractivity contribution in [3.63, 3.8) is 0 Å². The number of hydrogen-bond acceptors (Lipinski definition) is 3. The predicted molar refractivity (Wildman–Crippen MR) is 104 cm³/mol. The Morgan fingerprint density at radius 1 is 0.923 bits per heavy atom. The molecule has 0 unspecified atom stereocenters. The van der Waals surface area contributed by atoms with Gasteiger partial charge in [0.05, 0.1) is 15.7 Å². The summed E-state index contributed by atoms with van der Waals surface area (Å²) in [5.41, 5.74) is -0.165. The summed E-state index contributed by atoms with van der Waals surface area (Å²) in [6.07, 6.45) is 0. The molecule has 0 aliphatic rings. The van der Waals surface area contributed by atoms with Gasteiger partial charge in [-0.2, -0.15) is 0 Å². The summed E-state index contributed by atoms with van der Waals surface area (Å²) < 4.78 is 0. The molecule has 2 N–H and O–H groups in total. The van der Waals surface area contributed by atoms with E-state index in [9.17, 15) is 14.4 Å². The lowest BCUT2D eigenvalue weighted by atomic mass is 9.90. The molecule has 26 heavy (non-hydrogen) atoms. The third kappa shape index (κ3) is 4.42. The number of nitrogens with one attached hydrogen (secondary N) is 2. The van der Waals surface area contributed by atoms with Crippen LogP contribution < -0.4 is 10.6 Å². The fourth-order valence-corrected chi connectivity index (χ4v) is 2.43. The number of carbonyl (C=O) groups excluding carboxylic acids is 3. The number of halogens is 2. The Bertz CT molecular complexity index is 879. The van der Waals surface area contributed by atoms with E-state index >= 15 is 0 Å². The molecule has 0 aromatic heterocycles. The topological polar surface area (TPSA) is 75.3 Å². The minimum atomic E-state index is -1.39. The Kier molecular flexibility index (Phi) is 6.05. The molecule has 0 spiro atoms. The highest BCUT2D eigenvalue weighted by molar-refractivity contribution is 6.44. The molecule has 2 amide bonds. The van der Waals surface area contributed by atoms with Gasteiger partial charge in [-0.1, -0.05) is 41.4 Å². The average Bonchev–Trinajstić information content (AvgIpc) is 2.59. The zero-order valence-electron chi connectivity index (χ0n) is 14.5. The van der Waals surface area contributed by atoms with Crippen molar-refractivity contribution >= 4 is 52.2 Å². The van der Waals surface area contributed by atoms with Gasteiger partial charge in [-0.3, -0.25) is 14.4 Å². The van der Waals surface area contributed by atoms with E-state index in [1.54, 1.807) is 42.5 Å². The van der Waals surface area contributed by atoms with Crippen molar-refractivity contribution in [2.75, 3.05) is 10.6 Å². The fourth-order valence-electron chi connectivity index (χ4n) is 2.09. The van der Waals surface area contributed by atoms with Crippen LogP contribution in [0.15, 0.2) is 42.5 Å². The predicted octanol–water partition coefficient (Wildman–Crippen LogP) is 4.80. The maximum atomic E-state index is 12.6. The molecular formula is C19H18Cl2N2O3. The zero-order chi connectivity index (χ0) is 19.5. The summed E-state index contributed by atoms with van der Waals surface area (Å²) in [4.78, 5) is 36.6. The van der Waals surface area contributed by atoms with Gasteiger partial charge in [0, 0.05) is 11.3 Å². The number of anilines is 2. The maximum absolute atomic E-state index is 12.6. The third-order valence-corrected chi connectivity index (χ3v) is 4.68. The number of amides is 2. The monoisotopic (exact) mass is 392 g/mol. The molecule has 5 nitrogen and oxygen atoms in total. The van der Waals surface area contributed by atoms with E-state index in [-0.39, 0.29) is 10.8 Å². The van der Waals surface area contributed by atoms with Crippen LogP contribution in [0, 0.1) is 5.41 Å². The van der Waals surface area contributed by atoms with Crippen LogP contribution in [0.2, 0.25) is 10.0 Å². The van der Waals surface area contributed by atoms with Crippen LogP contribution in [-0.2, 0) is 9.59 Å². The Morgan fingerprint density at radius 2 is 1.54 bits per heavy atom. The average molecular weight is 393 g/mol. The molecule has 2 rings (SSSR count). The second-order valence-electron chi connectivity index (χ2n) is 6.27. The lowest BCUT2D eigenvalue weighted by Crippen LogP contribution is -2.41. The summed E-state index contributed by atoms with van der Waals surface area (Å²) >= 11 is 12.0. The Labute approximate surface area is 161 Å². The summed E-state index contributed by atoms with van der Waals surface area (Å²) in [5.74, 6) is -1.18. The normalized spacial score (nSPS) is 11.0. The smallest absolute Gasteiger partial charge is 0.239 e. The first-order valence-electron chi connectivity index (χ1n) is 7.81. The number of rotatable bonds is 5. The van der Waals surface area contributed by atoms with Crippen molar-refractivity contribution in [2.45, 2.75) is 20.8 Å². The summed E-state index contributed by atoms with van der Waals surface area (Å²) in [5, 5.41) is 5.78. The summed E-state index contributed by atoms with van der Waals surface area (Å²) in [7, 11) is 0. The molecule has 0 radical (unpaired) electrons. The zero-order valence-corrected chi connectivity index (χ0v) is 16.0. The van der Waals surface area contributed by atoms with Gasteiger partial charge < -0.3 is 10.6 Å². The van der Waals surface area contributed by atoms with Crippen LogP contribution in [0.4, 0.5) is 11.4 Å². The number of ketones is 1. The van der Waals surface area contributed by atoms with Gasteiger partial charge in [-0.05, 0) is 45.0 Å². The van der Waals surface area contributed by atoms with Crippen molar-refractivity contribution in [3.05, 3.63) is 58.1 Å². The quantitative estimate of drug-likeness (QED) is 0.566. The van der Waals surface area contributed by atoms with E-state index in [0.29, 0.717) is 22.0 Å². The lowest BCUT2D eigenvalue weighted by Gasteiger charge is -2.23. The number of Topliss-reactive ketones (excluding diaryl/α,β-unsaturated/α-hetero) is 1. The molecule has 136 valence electrons. The van der Waals surface area contributed by atoms with E-state index in [4.69, 9.17) is 23.2 Å². The molecular weight excluding hydrogens is 375 g/mol. The Balaban J connectivity index is 2.16. The van der Waals surface area contributed by atoms with E-state index < -0.39 is 17.2 Å². The van der Waals surface area contributed by atoms with Gasteiger partial charge in [0.25, 0.3) is 0 Å². The number of carbonyl (C=O) groups is 3. The molecule has 0 aliphatic heterocycles. The van der Waals surface area contributed by atoms with Gasteiger partial charge in [0.2, 0.25) is 11.8 Å². The van der Waals surface area contributed by atoms with E-state index in [0.717, 1.165) is 0 Å². The van der Waals surface area contributed by atoms with E-state index in [2.05, 4.69) is 10.6 Å². The van der Waals surface area contributed by atoms with Gasteiger partial charge in [0.15, 0.2) is 5.78 Å². The van der Waals surface area contributed by atoms with Gasteiger partial charge in [0.1, 0.15) is 5.41 Å². The van der Waals surface area contributed by atoms with Crippen LogP contribution in [0.1, 0.15) is 31.1 Å². The highest BCUT2D eigenvalue weighted by atomic mass is 35.5. The number of benzene rings is 2. The Morgan fingerprint density at radius 3 is 2.19 bits per heavy atom. The summed E-state index contributed by atoms with van der Waals surface area (Å²) in [6.45, 7) is 4.42. The van der Waals surface area contributed by atoms with Gasteiger partial charge in [-0.25, -0.2) is 0 Å². The minimum absolute atomic E-state index is 0.117. The van der Waals surface area contributed by atoms with Crippen molar-refractivity contribution in [3.8, 4) is 0 Å². The third-order valence-electron chi connectivity index (χ3n) is 3.86. The van der Waals surface area contributed by atoms with Crippen molar-refractivity contribution in [1.29, 1.82) is 0 Å². The van der Waals surface area contributed by atoms with Crippen molar-refractivity contribution in [2.24, 2.45) is 5.41 Å². The standard InChI is InChI=1S/C19H18Cl2N2O3/c1-11(24)12-6-4-7-13(10-12)22-17(25)19(2,3)18(26)23-15-9-5-8-14(20)16(15)21/h4-10H,1-3H3,(H,22,25)(H,23,26). The molecule has 0 fully saturated rings. The van der Waals surface area contributed by atoms with Crippen molar-refractivity contribution in [1.82, 2.24) is 0 Å². The highest BCUT2D eigenvalue weighted by Crippen LogP contribution is 2.31. The largest absolute Gasteiger partial charge is 0.325 e. The van der Waals surface area contributed by atoms with Crippen LogP contribution in [0.5, 0.6) is 0 Å².